The van der Waals surface area contributed by atoms with Gasteiger partial charge in [0.25, 0.3) is 0 Å². The molecule has 0 saturated heterocycles. The van der Waals surface area contributed by atoms with Crippen LogP contribution in [0.4, 0.5) is 0 Å². The van der Waals surface area contributed by atoms with E-state index in [1.165, 1.54) is 5.56 Å². The van der Waals surface area contributed by atoms with Crippen LogP contribution >= 0.6 is 0 Å². The lowest BCUT2D eigenvalue weighted by atomic mass is 10.1. The molecule has 0 aliphatic rings. The second-order valence-electron chi connectivity index (χ2n) is 3.85. The summed E-state index contributed by atoms with van der Waals surface area (Å²) in [7, 11) is 0. The van der Waals surface area contributed by atoms with Crippen LogP contribution in [0.1, 0.15) is 0 Å². The molecule has 1 N–H and O–H groups in total. The van der Waals surface area contributed by atoms with Gasteiger partial charge >= 0.3 is 0 Å². The van der Waals surface area contributed by atoms with Crippen LogP contribution in [0, 0.1) is 0 Å². The fourth-order valence-corrected chi connectivity index (χ4v) is 1.66. The molecular weight excluding hydrogens is 210 g/mol. The van der Waals surface area contributed by atoms with Gasteiger partial charge in [0.2, 0.25) is 0 Å². The third kappa shape index (κ3) is 3.29. The Bertz CT molecular complexity index is 459. The molecule has 0 saturated carbocycles. The molecule has 0 atom stereocenters. The number of nitrogens with zero attached hydrogens (tertiary/aromatic N) is 2. The lowest BCUT2D eigenvalue weighted by Crippen LogP contribution is -2.19. The van der Waals surface area contributed by atoms with E-state index < -0.39 is 0 Å². The third-order valence-corrected chi connectivity index (χ3v) is 2.55. The van der Waals surface area contributed by atoms with E-state index in [2.05, 4.69) is 35.3 Å². The minimum Gasteiger partial charge on any atom is -0.311 e. The topological polar surface area (TPSA) is 29.9 Å². The molecule has 0 unspecified atom stereocenters. The van der Waals surface area contributed by atoms with Crippen LogP contribution in [-0.2, 0) is 6.54 Å². The molecule has 3 nitrogen and oxygen atoms in total. The van der Waals surface area contributed by atoms with Crippen LogP contribution in [0.3, 0.4) is 0 Å². The molecule has 0 aliphatic heterocycles. The second-order valence-corrected chi connectivity index (χ2v) is 3.85. The van der Waals surface area contributed by atoms with Crippen LogP contribution in [0.2, 0.25) is 0 Å². The molecule has 17 heavy (non-hydrogen) atoms. The highest BCUT2D eigenvalue weighted by atomic mass is 15.3. The molecule has 0 bridgehead atoms. The molecule has 88 valence electrons. The number of hydrogen-bond acceptors (Lipinski definition) is 2. The van der Waals surface area contributed by atoms with Gasteiger partial charge in [-0.1, -0.05) is 36.4 Å². The summed E-state index contributed by atoms with van der Waals surface area (Å²) in [6.45, 7) is 6.28. The fourth-order valence-electron chi connectivity index (χ4n) is 1.66. The first-order valence-electron chi connectivity index (χ1n) is 5.79. The molecule has 0 spiro atoms. The summed E-state index contributed by atoms with van der Waals surface area (Å²) in [4.78, 5) is 0. The molecule has 1 aromatic heterocycles. The van der Waals surface area contributed by atoms with Gasteiger partial charge in [0.05, 0.1) is 12.7 Å². The molecule has 2 aromatic rings. The predicted octanol–water partition coefficient (Wildman–Crippen LogP) is 2.33. The molecule has 0 radical (unpaired) electrons. The van der Waals surface area contributed by atoms with Crippen LogP contribution in [0.5, 0.6) is 0 Å². The summed E-state index contributed by atoms with van der Waals surface area (Å²) >= 11 is 0. The number of hydrogen-bond donors (Lipinski definition) is 1. The maximum absolute atomic E-state index is 4.34. The first kappa shape index (κ1) is 11.6. The average Bonchev–Trinajstić information content (AvgIpc) is 2.85. The molecule has 0 fully saturated rings. The van der Waals surface area contributed by atoms with Gasteiger partial charge in [-0.05, 0) is 5.56 Å². The summed E-state index contributed by atoms with van der Waals surface area (Å²) in [5, 5.41) is 7.59. The number of rotatable bonds is 6. The third-order valence-electron chi connectivity index (χ3n) is 2.55. The van der Waals surface area contributed by atoms with Gasteiger partial charge in [0.1, 0.15) is 0 Å². The normalized spacial score (nSPS) is 10.4. The maximum atomic E-state index is 4.34. The van der Waals surface area contributed by atoms with Crippen LogP contribution in [-0.4, -0.2) is 22.9 Å². The number of nitrogens with one attached hydrogen (secondary N) is 1. The van der Waals surface area contributed by atoms with E-state index in [0.717, 1.165) is 25.2 Å². The van der Waals surface area contributed by atoms with Gasteiger partial charge in [-0.25, -0.2) is 0 Å². The second kappa shape index (κ2) is 6.01. The minimum atomic E-state index is 0.840. The standard InChI is InChI=1S/C14H17N3/c1-2-8-15-9-10-17-12-14(11-16-17)13-6-4-3-5-7-13/h2-7,11-12,15H,1,8-10H2. The smallest absolute Gasteiger partial charge is 0.0568 e. The fraction of sp³-hybridized carbons (Fsp3) is 0.214. The SMILES string of the molecule is C=CCNCCn1cc(-c2ccccc2)cn1. The van der Waals surface area contributed by atoms with Gasteiger partial charge in [-0.15, -0.1) is 6.58 Å². The van der Waals surface area contributed by atoms with Crippen molar-refractivity contribution in [3.05, 3.63) is 55.4 Å². The van der Waals surface area contributed by atoms with Crippen molar-refractivity contribution in [2.45, 2.75) is 6.54 Å². The summed E-state index contributed by atoms with van der Waals surface area (Å²) in [6, 6.07) is 10.3. The van der Waals surface area contributed by atoms with Crippen LogP contribution in [0.25, 0.3) is 11.1 Å². The van der Waals surface area contributed by atoms with E-state index in [1.807, 2.05) is 35.2 Å². The first-order chi connectivity index (χ1) is 8.40. The van der Waals surface area contributed by atoms with Crippen molar-refractivity contribution >= 4 is 0 Å². The molecule has 1 heterocycles. The Balaban J connectivity index is 1.94. The van der Waals surface area contributed by atoms with Gasteiger partial charge in [-0.2, -0.15) is 5.10 Å². The highest BCUT2D eigenvalue weighted by Crippen LogP contribution is 2.17. The zero-order valence-electron chi connectivity index (χ0n) is 9.84. The van der Waals surface area contributed by atoms with Gasteiger partial charge < -0.3 is 5.32 Å². The Kier molecular flexibility index (Phi) is 4.11. The van der Waals surface area contributed by atoms with E-state index in [1.54, 1.807) is 0 Å². The zero-order chi connectivity index (χ0) is 11.9. The Morgan fingerprint density at radius 2 is 2.06 bits per heavy atom. The Morgan fingerprint density at radius 3 is 2.82 bits per heavy atom. The minimum absolute atomic E-state index is 0.840. The molecule has 2 rings (SSSR count). The van der Waals surface area contributed by atoms with Crippen molar-refractivity contribution < 1.29 is 0 Å². The van der Waals surface area contributed by atoms with Crippen molar-refractivity contribution in [2.24, 2.45) is 0 Å². The monoisotopic (exact) mass is 227 g/mol. The van der Waals surface area contributed by atoms with Crippen molar-refractivity contribution in [3.63, 3.8) is 0 Å². The average molecular weight is 227 g/mol. The first-order valence-corrected chi connectivity index (χ1v) is 5.79. The summed E-state index contributed by atoms with van der Waals surface area (Å²) < 4.78 is 1.96. The van der Waals surface area contributed by atoms with E-state index in [-0.39, 0.29) is 0 Å². The summed E-state index contributed by atoms with van der Waals surface area (Å²) in [5.74, 6) is 0. The highest BCUT2D eigenvalue weighted by Gasteiger charge is 2.00. The lowest BCUT2D eigenvalue weighted by Gasteiger charge is -2.01. The van der Waals surface area contributed by atoms with E-state index >= 15 is 0 Å². The van der Waals surface area contributed by atoms with Crippen molar-refractivity contribution in [1.29, 1.82) is 0 Å². The Labute approximate surface area is 102 Å². The molecule has 3 heteroatoms. The molecule has 0 aliphatic carbocycles. The van der Waals surface area contributed by atoms with Crippen molar-refractivity contribution in [2.75, 3.05) is 13.1 Å². The lowest BCUT2D eigenvalue weighted by molar-refractivity contribution is 0.573. The van der Waals surface area contributed by atoms with Crippen molar-refractivity contribution in [3.8, 4) is 11.1 Å². The Morgan fingerprint density at radius 1 is 1.24 bits per heavy atom. The summed E-state index contributed by atoms with van der Waals surface area (Å²) in [6.07, 6.45) is 5.84. The van der Waals surface area contributed by atoms with E-state index in [4.69, 9.17) is 0 Å². The van der Waals surface area contributed by atoms with E-state index in [0.29, 0.717) is 0 Å². The van der Waals surface area contributed by atoms with Gasteiger partial charge in [0.15, 0.2) is 0 Å². The van der Waals surface area contributed by atoms with Crippen LogP contribution in [0.15, 0.2) is 55.4 Å². The Hall–Kier alpha value is -1.87. The number of benzene rings is 1. The largest absolute Gasteiger partial charge is 0.311 e. The molecule has 1 aromatic carbocycles. The predicted molar refractivity (Wildman–Crippen MR) is 70.7 cm³/mol. The van der Waals surface area contributed by atoms with Gasteiger partial charge in [-0.3, -0.25) is 4.68 Å². The van der Waals surface area contributed by atoms with Gasteiger partial charge in [0, 0.05) is 24.8 Å². The highest BCUT2D eigenvalue weighted by molar-refractivity contribution is 5.61. The van der Waals surface area contributed by atoms with Crippen molar-refractivity contribution in [1.82, 2.24) is 15.1 Å². The zero-order valence-corrected chi connectivity index (χ0v) is 9.84. The maximum Gasteiger partial charge on any atom is 0.0568 e. The summed E-state index contributed by atoms with van der Waals surface area (Å²) in [5.41, 5.74) is 2.37. The molecular formula is C14H17N3. The quantitative estimate of drug-likeness (QED) is 0.606. The molecule has 0 amide bonds. The van der Waals surface area contributed by atoms with E-state index in [9.17, 15) is 0 Å². The van der Waals surface area contributed by atoms with Crippen LogP contribution < -0.4 is 5.32 Å². The number of aromatic nitrogens is 2.